The molecule has 1 aliphatic heterocycles. The zero-order valence-corrected chi connectivity index (χ0v) is 18.1. The third-order valence-electron chi connectivity index (χ3n) is 6.79. The summed E-state index contributed by atoms with van der Waals surface area (Å²) in [6, 6.07) is 0. The summed E-state index contributed by atoms with van der Waals surface area (Å²) in [7, 11) is 0. The highest BCUT2D eigenvalue weighted by Crippen LogP contribution is 2.33. The van der Waals surface area contributed by atoms with Crippen LogP contribution in [0.5, 0.6) is 0 Å². The molecular formula is C23H43NO. The molecule has 25 heavy (non-hydrogen) atoms. The number of hydrogen-bond donors (Lipinski definition) is 0. The van der Waals surface area contributed by atoms with Gasteiger partial charge < -0.3 is 4.90 Å². The van der Waals surface area contributed by atoms with Crippen LogP contribution in [-0.4, -0.2) is 22.9 Å². The molecule has 2 unspecified atom stereocenters. The minimum absolute atomic E-state index is 0.0979. The van der Waals surface area contributed by atoms with E-state index < -0.39 is 0 Å². The van der Waals surface area contributed by atoms with Crippen LogP contribution in [0.2, 0.25) is 0 Å². The monoisotopic (exact) mass is 349 g/mol. The zero-order valence-electron chi connectivity index (χ0n) is 18.1. The molecule has 0 aromatic heterocycles. The molecule has 1 heterocycles. The molecule has 2 nitrogen and oxygen atoms in total. The van der Waals surface area contributed by atoms with Crippen LogP contribution < -0.4 is 0 Å². The first kappa shape index (κ1) is 22.3. The second-order valence-electron chi connectivity index (χ2n) is 9.64. The summed E-state index contributed by atoms with van der Waals surface area (Å²) in [5, 5.41) is 0. The fraction of sp³-hybridized carbons (Fsp3) is 0.870. The Hall–Kier alpha value is -0.790. The Morgan fingerprint density at radius 2 is 1.52 bits per heavy atom. The predicted octanol–water partition coefficient (Wildman–Crippen LogP) is 6.31. The Kier molecular flexibility index (Phi) is 8.71. The molecule has 1 rings (SSSR count). The molecule has 1 amide bonds. The summed E-state index contributed by atoms with van der Waals surface area (Å²) in [6.45, 7) is 19.0. The highest BCUT2D eigenvalue weighted by atomic mass is 16.2. The summed E-state index contributed by atoms with van der Waals surface area (Å²) in [5.41, 5.74) is -0.0979. The Morgan fingerprint density at radius 3 is 2.04 bits per heavy atom. The fourth-order valence-corrected chi connectivity index (χ4v) is 3.86. The summed E-state index contributed by atoms with van der Waals surface area (Å²) >= 11 is 0. The molecule has 2 atom stereocenters. The first-order valence-electron chi connectivity index (χ1n) is 10.5. The number of hydrogen-bond acceptors (Lipinski definition) is 1. The molecule has 0 fully saturated rings. The van der Waals surface area contributed by atoms with Crippen LogP contribution in [0, 0.1) is 29.6 Å². The van der Waals surface area contributed by atoms with E-state index in [1.54, 1.807) is 0 Å². The number of allylic oxidation sites excluding steroid dienone is 1. The molecule has 1 aliphatic rings. The zero-order chi connectivity index (χ0) is 19.2. The first-order chi connectivity index (χ1) is 11.6. The van der Waals surface area contributed by atoms with E-state index in [1.807, 2.05) is 0 Å². The Morgan fingerprint density at radius 1 is 0.960 bits per heavy atom. The molecule has 0 radical (unpaired) electrons. The largest absolute Gasteiger partial charge is 0.334 e. The van der Waals surface area contributed by atoms with Crippen molar-refractivity contribution in [1.82, 2.24) is 4.90 Å². The summed E-state index contributed by atoms with van der Waals surface area (Å²) in [5.74, 6) is 3.59. The van der Waals surface area contributed by atoms with E-state index in [9.17, 15) is 4.79 Å². The number of nitrogens with zero attached hydrogens (tertiary/aromatic N) is 1. The maximum absolute atomic E-state index is 13.1. The van der Waals surface area contributed by atoms with E-state index in [2.05, 4.69) is 72.4 Å². The van der Waals surface area contributed by atoms with Crippen LogP contribution in [0.1, 0.15) is 87.5 Å². The molecule has 0 aliphatic carbocycles. The van der Waals surface area contributed by atoms with Gasteiger partial charge in [0.2, 0.25) is 5.91 Å². The topological polar surface area (TPSA) is 20.3 Å². The van der Waals surface area contributed by atoms with E-state index in [0.717, 1.165) is 31.2 Å². The second-order valence-corrected chi connectivity index (χ2v) is 9.64. The third-order valence-corrected chi connectivity index (χ3v) is 6.79. The quantitative estimate of drug-likeness (QED) is 0.544. The Labute approximate surface area is 157 Å². The molecule has 0 saturated carbocycles. The normalized spacial score (nSPS) is 24.8. The van der Waals surface area contributed by atoms with Gasteiger partial charge in [0.25, 0.3) is 0 Å². The molecule has 0 N–H and O–H groups in total. The van der Waals surface area contributed by atoms with Crippen molar-refractivity contribution < 1.29 is 4.79 Å². The van der Waals surface area contributed by atoms with E-state index in [1.165, 1.54) is 12.8 Å². The number of rotatable bonds is 4. The van der Waals surface area contributed by atoms with Crippen molar-refractivity contribution in [3.8, 4) is 0 Å². The van der Waals surface area contributed by atoms with Crippen molar-refractivity contribution in [2.45, 2.75) is 93.0 Å². The van der Waals surface area contributed by atoms with Crippen LogP contribution in [0.3, 0.4) is 0 Å². The van der Waals surface area contributed by atoms with Gasteiger partial charge in [0.05, 0.1) is 0 Å². The van der Waals surface area contributed by atoms with E-state index in [4.69, 9.17) is 0 Å². The van der Waals surface area contributed by atoms with Gasteiger partial charge in [-0.15, -0.1) is 0 Å². The summed E-state index contributed by atoms with van der Waals surface area (Å²) in [6.07, 6.45) is 9.94. The van der Waals surface area contributed by atoms with Gasteiger partial charge in [0, 0.05) is 18.5 Å². The van der Waals surface area contributed by atoms with Crippen LogP contribution >= 0.6 is 0 Å². The lowest BCUT2D eigenvalue weighted by Gasteiger charge is -2.42. The molecule has 2 heteroatoms. The van der Waals surface area contributed by atoms with Gasteiger partial charge in [-0.3, -0.25) is 4.79 Å². The average molecular weight is 350 g/mol. The van der Waals surface area contributed by atoms with Gasteiger partial charge in [-0.2, -0.15) is 0 Å². The van der Waals surface area contributed by atoms with Crippen LogP contribution in [0.25, 0.3) is 0 Å². The van der Waals surface area contributed by atoms with Crippen molar-refractivity contribution >= 4 is 5.91 Å². The maximum atomic E-state index is 13.1. The second kappa shape index (κ2) is 9.78. The lowest BCUT2D eigenvalue weighted by atomic mass is 9.77. The van der Waals surface area contributed by atoms with E-state index >= 15 is 0 Å². The molecule has 0 aromatic carbocycles. The van der Waals surface area contributed by atoms with Gasteiger partial charge in [0.15, 0.2) is 0 Å². The molecule has 0 aromatic rings. The summed E-state index contributed by atoms with van der Waals surface area (Å²) in [4.78, 5) is 15.2. The van der Waals surface area contributed by atoms with Crippen LogP contribution in [0.4, 0.5) is 0 Å². The smallest absolute Gasteiger partial charge is 0.223 e. The minimum atomic E-state index is -0.0979. The number of amides is 1. The molecule has 0 spiro atoms. The highest BCUT2D eigenvalue weighted by Gasteiger charge is 2.33. The standard InChI is InChI=1S/C23H43NO/c1-17(2)20-12-10-9-11-15-24(23(7,8)19(5)6)22(25)14-13-21(16-20)18(3)4/h9,11,17-21H,10,12-16H2,1-8H3. The van der Waals surface area contributed by atoms with Gasteiger partial charge >= 0.3 is 0 Å². The van der Waals surface area contributed by atoms with Crippen molar-refractivity contribution in [3.63, 3.8) is 0 Å². The SMILES string of the molecule is CC(C)C1CCC=CCN(C(C)(C)C(C)C)C(=O)CCC(C(C)C)C1. The van der Waals surface area contributed by atoms with Crippen molar-refractivity contribution in [2.24, 2.45) is 29.6 Å². The van der Waals surface area contributed by atoms with Gasteiger partial charge in [-0.25, -0.2) is 0 Å². The van der Waals surface area contributed by atoms with E-state index in [0.29, 0.717) is 30.1 Å². The highest BCUT2D eigenvalue weighted by molar-refractivity contribution is 5.77. The molecular weight excluding hydrogens is 306 g/mol. The Balaban J connectivity index is 3.01. The minimum Gasteiger partial charge on any atom is -0.334 e. The molecule has 0 saturated heterocycles. The van der Waals surface area contributed by atoms with Gasteiger partial charge in [-0.1, -0.05) is 53.7 Å². The Bertz CT molecular complexity index is 433. The van der Waals surface area contributed by atoms with Crippen LogP contribution in [0.15, 0.2) is 12.2 Å². The van der Waals surface area contributed by atoms with Gasteiger partial charge in [-0.05, 0) is 69.1 Å². The lowest BCUT2D eigenvalue weighted by Crippen LogP contribution is -2.51. The molecule has 0 bridgehead atoms. The van der Waals surface area contributed by atoms with Crippen molar-refractivity contribution in [1.29, 1.82) is 0 Å². The van der Waals surface area contributed by atoms with E-state index in [-0.39, 0.29) is 5.54 Å². The lowest BCUT2D eigenvalue weighted by molar-refractivity contribution is -0.137. The van der Waals surface area contributed by atoms with Crippen molar-refractivity contribution in [2.75, 3.05) is 6.54 Å². The summed E-state index contributed by atoms with van der Waals surface area (Å²) < 4.78 is 0. The van der Waals surface area contributed by atoms with Crippen LogP contribution in [-0.2, 0) is 4.79 Å². The van der Waals surface area contributed by atoms with Gasteiger partial charge in [0.1, 0.15) is 0 Å². The van der Waals surface area contributed by atoms with Crippen molar-refractivity contribution in [3.05, 3.63) is 12.2 Å². The maximum Gasteiger partial charge on any atom is 0.223 e. The first-order valence-corrected chi connectivity index (χ1v) is 10.5. The predicted molar refractivity (Wildman–Crippen MR) is 110 cm³/mol. The third kappa shape index (κ3) is 6.46. The molecule has 146 valence electrons. The number of carbonyl (C=O) groups excluding carboxylic acids is 1. The fourth-order valence-electron chi connectivity index (χ4n) is 3.86. The average Bonchev–Trinajstić information content (AvgIpc) is 2.49. The number of carbonyl (C=O) groups is 1.